The first kappa shape index (κ1) is 35.4. The molecule has 0 fully saturated rings. The van der Waals surface area contributed by atoms with Gasteiger partial charge in [-0.25, -0.2) is 4.39 Å². The normalized spacial score (nSPS) is 11.6. The van der Waals surface area contributed by atoms with Gasteiger partial charge >= 0.3 is 0 Å². The Morgan fingerprint density at radius 1 is 0.722 bits per heavy atom. The predicted octanol–water partition coefficient (Wildman–Crippen LogP) is 11.8. The van der Waals surface area contributed by atoms with E-state index < -0.39 is 8.07 Å². The zero-order chi connectivity index (χ0) is 36.3. The van der Waals surface area contributed by atoms with Crippen molar-refractivity contribution in [2.45, 2.75) is 26.6 Å². The van der Waals surface area contributed by atoms with Crippen LogP contribution in [-0.4, -0.2) is 22.6 Å². The molecule has 0 N–H and O–H groups in total. The van der Waals surface area contributed by atoms with E-state index >= 15 is 0 Å². The Balaban J connectivity index is 0.000000206. The SMILES string of the molecule is C[Si](C)(C)c1ccc(-c2[c-]cccc2)nc1.Cc1c[c-]c(-c2nc3ccccc3n2-c2cccc3c2oc2ccccc23)c2oc3cc(F)ccc3c12.[Ir]. The molecular formula is C46H34FIrN3O2Si-2. The molecule has 0 unspecified atom stereocenters. The van der Waals surface area contributed by atoms with Crippen molar-refractivity contribution in [2.24, 2.45) is 0 Å². The summed E-state index contributed by atoms with van der Waals surface area (Å²) in [7, 11) is -1.23. The summed E-state index contributed by atoms with van der Waals surface area (Å²) in [5.41, 5.74) is 9.18. The fourth-order valence-corrected chi connectivity index (χ4v) is 8.05. The number of pyridine rings is 1. The zero-order valence-corrected chi connectivity index (χ0v) is 33.5. The number of nitrogens with zero attached hydrogens (tertiary/aromatic N) is 3. The van der Waals surface area contributed by atoms with Crippen LogP contribution in [0.3, 0.4) is 0 Å². The maximum absolute atomic E-state index is 14.1. The topological polar surface area (TPSA) is 57.0 Å². The van der Waals surface area contributed by atoms with Crippen LogP contribution < -0.4 is 5.19 Å². The molecule has 8 heteroatoms. The monoisotopic (exact) mass is 900 g/mol. The summed E-state index contributed by atoms with van der Waals surface area (Å²) >= 11 is 0. The van der Waals surface area contributed by atoms with E-state index in [0.29, 0.717) is 22.6 Å². The molecule has 10 aromatic rings. The summed E-state index contributed by atoms with van der Waals surface area (Å²) in [5, 5.41) is 5.30. The summed E-state index contributed by atoms with van der Waals surface area (Å²) in [6, 6.07) is 47.7. The molecule has 0 bridgehead atoms. The van der Waals surface area contributed by atoms with Gasteiger partial charge in [-0.05, 0) is 47.3 Å². The van der Waals surface area contributed by atoms with Crippen LogP contribution in [0.25, 0.3) is 83.2 Å². The number of aromatic nitrogens is 3. The number of halogens is 1. The van der Waals surface area contributed by atoms with Crippen LogP contribution in [0.2, 0.25) is 19.6 Å². The predicted molar refractivity (Wildman–Crippen MR) is 216 cm³/mol. The summed E-state index contributed by atoms with van der Waals surface area (Å²) in [6.45, 7) is 9.01. The molecule has 0 saturated carbocycles. The second kappa shape index (κ2) is 14.0. The van der Waals surface area contributed by atoms with Crippen molar-refractivity contribution in [3.05, 3.63) is 157 Å². The fraction of sp³-hybridized carbons (Fsp3) is 0.0870. The number of hydrogen-bond donors (Lipinski definition) is 0. The van der Waals surface area contributed by atoms with Crippen LogP contribution in [0.15, 0.2) is 142 Å². The molecule has 4 aromatic heterocycles. The van der Waals surface area contributed by atoms with Crippen molar-refractivity contribution in [1.82, 2.24) is 14.5 Å². The van der Waals surface area contributed by atoms with E-state index in [0.717, 1.165) is 66.3 Å². The zero-order valence-electron chi connectivity index (χ0n) is 30.1. The third-order valence-electron chi connectivity index (χ3n) is 9.73. The van der Waals surface area contributed by atoms with Crippen LogP contribution in [-0.2, 0) is 20.1 Å². The number of hydrogen-bond acceptors (Lipinski definition) is 4. The molecule has 6 aromatic carbocycles. The van der Waals surface area contributed by atoms with Gasteiger partial charge < -0.3 is 18.4 Å². The van der Waals surface area contributed by atoms with Crippen LogP contribution in [0, 0.1) is 24.9 Å². The van der Waals surface area contributed by atoms with Crippen molar-refractivity contribution < 1.29 is 33.3 Å². The number of fused-ring (bicyclic) bond motifs is 7. The third-order valence-corrected chi connectivity index (χ3v) is 11.8. The Bertz CT molecular complexity index is 2960. The van der Waals surface area contributed by atoms with Crippen molar-refractivity contribution >= 4 is 68.2 Å². The molecule has 1 radical (unpaired) electrons. The minimum Gasteiger partial charge on any atom is -0.500 e. The number of rotatable bonds is 4. The van der Waals surface area contributed by atoms with E-state index in [2.05, 4.69) is 65.6 Å². The number of aryl methyl sites for hydroxylation is 1. The molecule has 0 aliphatic carbocycles. The molecule has 267 valence electrons. The van der Waals surface area contributed by atoms with Crippen LogP contribution in [0.1, 0.15) is 5.56 Å². The maximum Gasteiger partial charge on any atom is 0.158 e. The van der Waals surface area contributed by atoms with Crippen molar-refractivity contribution in [3.63, 3.8) is 0 Å². The smallest absolute Gasteiger partial charge is 0.158 e. The second-order valence-electron chi connectivity index (χ2n) is 14.3. The van der Waals surface area contributed by atoms with Crippen LogP contribution >= 0.6 is 0 Å². The van der Waals surface area contributed by atoms with Gasteiger partial charge in [0.15, 0.2) is 5.58 Å². The van der Waals surface area contributed by atoms with E-state index in [1.807, 2.05) is 98.0 Å². The Hall–Kier alpha value is -5.66. The van der Waals surface area contributed by atoms with E-state index in [9.17, 15) is 4.39 Å². The first-order valence-electron chi connectivity index (χ1n) is 17.6. The molecule has 0 aliphatic heterocycles. The third kappa shape index (κ3) is 6.16. The molecular weight excluding hydrogens is 866 g/mol. The standard InChI is InChI=1S/C32H18FN2O2.C14H16NSi.Ir/c1-18-13-15-23(31-29(18)22-16-14-19(33)17-28(22)37-31)32-34-24-9-3-4-10-25(24)35(32)26-11-6-8-21-20-7-2-5-12-27(20)36-30(21)26;1-16(2,3)13-9-10-14(15-11-13)12-7-5-4-6-8-12;/h2-14,16-17H,1H3;4-7,9-11H,1-3H3;/q2*-1;. The summed E-state index contributed by atoms with van der Waals surface area (Å²) < 4.78 is 28.8. The first-order valence-corrected chi connectivity index (χ1v) is 21.1. The van der Waals surface area contributed by atoms with Crippen molar-refractivity contribution in [3.8, 4) is 28.3 Å². The molecule has 0 atom stereocenters. The quantitative estimate of drug-likeness (QED) is 0.130. The van der Waals surface area contributed by atoms with E-state index in [-0.39, 0.29) is 25.9 Å². The minimum absolute atomic E-state index is 0. The minimum atomic E-state index is -1.23. The molecule has 54 heavy (non-hydrogen) atoms. The average Bonchev–Trinajstić information content (AvgIpc) is 3.87. The van der Waals surface area contributed by atoms with Gasteiger partial charge in [0.2, 0.25) is 0 Å². The van der Waals surface area contributed by atoms with Crippen LogP contribution in [0.4, 0.5) is 4.39 Å². The van der Waals surface area contributed by atoms with Gasteiger partial charge in [-0.1, -0.05) is 92.1 Å². The number of benzene rings is 6. The summed E-state index contributed by atoms with van der Waals surface area (Å²) in [4.78, 5) is 9.56. The van der Waals surface area contributed by atoms with Gasteiger partial charge in [0.1, 0.15) is 17.0 Å². The first-order chi connectivity index (χ1) is 25.7. The molecule has 0 aliphatic rings. The van der Waals surface area contributed by atoms with Gasteiger partial charge in [0, 0.05) is 48.5 Å². The molecule has 5 nitrogen and oxygen atoms in total. The van der Waals surface area contributed by atoms with Crippen LogP contribution in [0.5, 0.6) is 0 Å². The average molecular weight is 900 g/mol. The molecule has 0 spiro atoms. The number of para-hydroxylation sites is 4. The second-order valence-corrected chi connectivity index (χ2v) is 19.3. The Morgan fingerprint density at radius 3 is 2.30 bits per heavy atom. The van der Waals surface area contributed by atoms with Gasteiger partial charge in [-0.2, -0.15) is 0 Å². The van der Waals surface area contributed by atoms with E-state index in [1.165, 1.54) is 17.3 Å². The Labute approximate surface area is 326 Å². The fourth-order valence-electron chi connectivity index (χ4n) is 7.02. The van der Waals surface area contributed by atoms with Gasteiger partial charge in [-0.3, -0.25) is 4.98 Å². The largest absolute Gasteiger partial charge is 0.500 e. The van der Waals surface area contributed by atoms with Gasteiger partial charge in [0.25, 0.3) is 0 Å². The number of furan rings is 2. The Kier molecular flexibility index (Phi) is 9.14. The van der Waals surface area contributed by atoms with Crippen molar-refractivity contribution in [2.75, 3.05) is 0 Å². The summed E-state index contributed by atoms with van der Waals surface area (Å²) in [6.07, 6.45) is 2.02. The molecule has 4 heterocycles. The van der Waals surface area contributed by atoms with E-state index in [4.69, 9.17) is 13.8 Å². The van der Waals surface area contributed by atoms with Gasteiger partial charge in [-0.15, -0.1) is 53.6 Å². The van der Waals surface area contributed by atoms with Gasteiger partial charge in [0.05, 0.1) is 36.2 Å². The molecule has 0 saturated heterocycles. The van der Waals surface area contributed by atoms with E-state index in [1.54, 1.807) is 6.07 Å². The van der Waals surface area contributed by atoms with Crippen molar-refractivity contribution in [1.29, 1.82) is 0 Å². The Morgan fingerprint density at radius 2 is 1.50 bits per heavy atom. The summed E-state index contributed by atoms with van der Waals surface area (Å²) in [5.74, 6) is 0.345. The number of imidazole rings is 1. The molecule has 0 amide bonds. The molecule has 10 rings (SSSR count). The maximum atomic E-state index is 14.1.